The maximum Gasteiger partial charge on any atom is 0.313 e. The summed E-state index contributed by atoms with van der Waals surface area (Å²) >= 11 is 0. The molecule has 9 nitrogen and oxygen atoms in total. The largest absolute Gasteiger partial charge is 0.468 e. The topological polar surface area (TPSA) is 109 Å². The first-order valence-electron chi connectivity index (χ1n) is 9.28. The average molecular weight is 409 g/mol. The van der Waals surface area contributed by atoms with Crippen molar-refractivity contribution in [3.05, 3.63) is 72.2 Å². The van der Waals surface area contributed by atoms with E-state index in [4.69, 9.17) is 4.42 Å². The van der Waals surface area contributed by atoms with E-state index in [-0.39, 0.29) is 24.2 Å². The van der Waals surface area contributed by atoms with Crippen LogP contribution in [-0.2, 0) is 16.6 Å². The fourth-order valence-corrected chi connectivity index (χ4v) is 2.93. The maximum atomic E-state index is 12.6. The number of nitrogens with one attached hydrogen (secondary N) is 2. The summed E-state index contributed by atoms with van der Waals surface area (Å²) in [5.41, 5.74) is 0.693. The second kappa shape index (κ2) is 9.19. The van der Waals surface area contributed by atoms with Gasteiger partial charge in [-0.25, -0.2) is 4.98 Å². The Morgan fingerprint density at radius 1 is 1.17 bits per heavy atom. The lowest BCUT2D eigenvalue weighted by Crippen LogP contribution is -2.40. The summed E-state index contributed by atoms with van der Waals surface area (Å²) in [5.74, 6) is -0.928. The Morgan fingerprint density at radius 2 is 1.97 bits per heavy atom. The number of furan rings is 1. The Bertz CT molecular complexity index is 1040. The van der Waals surface area contributed by atoms with Gasteiger partial charge in [-0.2, -0.15) is 0 Å². The molecule has 0 bridgehead atoms. The first-order valence-corrected chi connectivity index (χ1v) is 9.28. The standard InChI is InChI=1S/C21H23N5O4/c1-25(2)16(17-8-5-11-30-17)13-23-20(28)21(29)24-15-7-4-6-14(12-15)18(27)19-22-9-10-26(19)3/h4-12,16H,13H2,1-3H3,(H,23,28)(H,24,29)/t16-/m1/s1. The number of benzene rings is 1. The van der Waals surface area contributed by atoms with Gasteiger partial charge in [0.05, 0.1) is 12.3 Å². The summed E-state index contributed by atoms with van der Waals surface area (Å²) in [6, 6.07) is 9.72. The summed E-state index contributed by atoms with van der Waals surface area (Å²) in [6.07, 6.45) is 4.76. The van der Waals surface area contributed by atoms with Crippen LogP contribution in [0.5, 0.6) is 0 Å². The van der Waals surface area contributed by atoms with E-state index in [1.807, 2.05) is 19.0 Å². The van der Waals surface area contributed by atoms with Crippen LogP contribution in [0, 0.1) is 0 Å². The van der Waals surface area contributed by atoms with Crippen molar-refractivity contribution >= 4 is 23.3 Å². The number of anilines is 1. The van der Waals surface area contributed by atoms with E-state index in [2.05, 4.69) is 15.6 Å². The summed E-state index contributed by atoms with van der Waals surface area (Å²) < 4.78 is 7.00. The minimum Gasteiger partial charge on any atom is -0.468 e. The third kappa shape index (κ3) is 4.81. The van der Waals surface area contributed by atoms with Gasteiger partial charge in [-0.1, -0.05) is 12.1 Å². The number of aromatic nitrogens is 2. The van der Waals surface area contributed by atoms with Crippen molar-refractivity contribution < 1.29 is 18.8 Å². The molecule has 0 aliphatic rings. The molecule has 30 heavy (non-hydrogen) atoms. The van der Waals surface area contributed by atoms with Crippen molar-refractivity contribution in [1.82, 2.24) is 19.8 Å². The van der Waals surface area contributed by atoms with Gasteiger partial charge in [0.1, 0.15) is 5.76 Å². The van der Waals surface area contributed by atoms with Gasteiger partial charge in [-0.3, -0.25) is 19.3 Å². The first kappa shape index (κ1) is 21.0. The number of ketones is 1. The van der Waals surface area contributed by atoms with Crippen molar-refractivity contribution in [3.8, 4) is 0 Å². The number of rotatable bonds is 7. The van der Waals surface area contributed by atoms with E-state index in [0.29, 0.717) is 17.0 Å². The van der Waals surface area contributed by atoms with Crippen molar-refractivity contribution in [2.75, 3.05) is 26.0 Å². The molecule has 0 spiro atoms. The molecule has 0 aliphatic heterocycles. The molecule has 2 heterocycles. The fourth-order valence-electron chi connectivity index (χ4n) is 2.93. The second-order valence-corrected chi connectivity index (χ2v) is 6.93. The monoisotopic (exact) mass is 409 g/mol. The van der Waals surface area contributed by atoms with E-state index in [1.165, 1.54) is 12.3 Å². The molecular formula is C21H23N5O4. The van der Waals surface area contributed by atoms with E-state index < -0.39 is 11.8 Å². The van der Waals surface area contributed by atoms with Crippen LogP contribution in [0.25, 0.3) is 0 Å². The number of hydrogen-bond acceptors (Lipinski definition) is 6. The van der Waals surface area contributed by atoms with Gasteiger partial charge >= 0.3 is 11.8 Å². The lowest BCUT2D eigenvalue weighted by Gasteiger charge is -2.22. The zero-order valence-corrected chi connectivity index (χ0v) is 17.0. The van der Waals surface area contributed by atoms with E-state index in [0.717, 1.165) is 0 Å². The normalized spacial score (nSPS) is 11.9. The van der Waals surface area contributed by atoms with Crippen molar-refractivity contribution in [2.24, 2.45) is 7.05 Å². The highest BCUT2D eigenvalue weighted by molar-refractivity contribution is 6.39. The average Bonchev–Trinajstić information content (AvgIpc) is 3.39. The van der Waals surface area contributed by atoms with Gasteiger partial charge in [-0.05, 0) is 38.4 Å². The number of carbonyl (C=O) groups is 3. The van der Waals surface area contributed by atoms with Crippen LogP contribution >= 0.6 is 0 Å². The van der Waals surface area contributed by atoms with Gasteiger partial charge < -0.3 is 19.6 Å². The third-order valence-electron chi connectivity index (χ3n) is 4.56. The summed E-state index contributed by atoms with van der Waals surface area (Å²) in [5, 5.41) is 5.12. The summed E-state index contributed by atoms with van der Waals surface area (Å²) in [7, 11) is 5.42. The molecule has 0 saturated heterocycles. The zero-order valence-electron chi connectivity index (χ0n) is 17.0. The number of hydrogen-bond donors (Lipinski definition) is 2. The lowest BCUT2D eigenvalue weighted by molar-refractivity contribution is -0.136. The zero-order chi connectivity index (χ0) is 21.7. The lowest BCUT2D eigenvalue weighted by atomic mass is 10.1. The van der Waals surface area contributed by atoms with Crippen molar-refractivity contribution in [2.45, 2.75) is 6.04 Å². The summed E-state index contributed by atoms with van der Waals surface area (Å²) in [4.78, 5) is 43.0. The Labute approximate surface area is 173 Å². The van der Waals surface area contributed by atoms with Crippen molar-refractivity contribution in [1.29, 1.82) is 0 Å². The predicted octanol–water partition coefficient (Wildman–Crippen LogP) is 1.60. The molecular weight excluding hydrogens is 386 g/mol. The number of nitrogens with zero attached hydrogens (tertiary/aromatic N) is 3. The molecule has 156 valence electrons. The highest BCUT2D eigenvalue weighted by Crippen LogP contribution is 2.18. The quantitative estimate of drug-likeness (QED) is 0.453. The van der Waals surface area contributed by atoms with Gasteiger partial charge in [0, 0.05) is 37.2 Å². The van der Waals surface area contributed by atoms with Crippen LogP contribution in [0.3, 0.4) is 0 Å². The molecule has 1 atom stereocenters. The highest BCUT2D eigenvalue weighted by atomic mass is 16.3. The predicted molar refractivity (Wildman–Crippen MR) is 110 cm³/mol. The Morgan fingerprint density at radius 3 is 2.60 bits per heavy atom. The van der Waals surface area contributed by atoms with Gasteiger partial charge in [0.15, 0.2) is 5.82 Å². The molecule has 0 aliphatic carbocycles. The van der Waals surface area contributed by atoms with Gasteiger partial charge in [0.25, 0.3) is 0 Å². The van der Waals surface area contributed by atoms with E-state index in [9.17, 15) is 14.4 Å². The minimum absolute atomic E-state index is 0.199. The minimum atomic E-state index is -0.825. The Kier molecular flexibility index (Phi) is 6.43. The molecule has 0 unspecified atom stereocenters. The van der Waals surface area contributed by atoms with E-state index >= 15 is 0 Å². The highest BCUT2D eigenvalue weighted by Gasteiger charge is 2.21. The van der Waals surface area contributed by atoms with Crippen LogP contribution in [0.4, 0.5) is 5.69 Å². The smallest absolute Gasteiger partial charge is 0.313 e. The van der Waals surface area contributed by atoms with Gasteiger partial charge in [0.2, 0.25) is 5.78 Å². The second-order valence-electron chi connectivity index (χ2n) is 6.93. The van der Waals surface area contributed by atoms with Crippen LogP contribution in [0.1, 0.15) is 28.0 Å². The SMILES string of the molecule is CN(C)[C@H](CNC(=O)C(=O)Nc1cccc(C(=O)c2nccn2C)c1)c1ccco1. The molecule has 1 aromatic carbocycles. The number of likely N-dealkylation sites (N-methyl/N-ethyl adjacent to an activating group) is 1. The van der Waals surface area contributed by atoms with Gasteiger partial charge in [-0.15, -0.1) is 0 Å². The number of aryl methyl sites for hydroxylation is 1. The summed E-state index contributed by atoms with van der Waals surface area (Å²) in [6.45, 7) is 0.199. The molecule has 9 heteroatoms. The van der Waals surface area contributed by atoms with Crippen LogP contribution in [0.15, 0.2) is 59.5 Å². The molecule has 0 saturated carbocycles. The molecule has 3 aromatic rings. The molecule has 0 fully saturated rings. The van der Waals surface area contributed by atoms with Crippen LogP contribution < -0.4 is 10.6 Å². The number of imidazole rings is 1. The van der Waals surface area contributed by atoms with E-state index in [1.54, 1.807) is 54.4 Å². The molecule has 2 aromatic heterocycles. The number of carbonyl (C=O) groups excluding carboxylic acids is 3. The maximum absolute atomic E-state index is 12.6. The molecule has 3 rings (SSSR count). The number of amides is 2. The van der Waals surface area contributed by atoms with Crippen LogP contribution in [0.2, 0.25) is 0 Å². The molecule has 0 radical (unpaired) electrons. The molecule has 2 N–H and O–H groups in total. The fraction of sp³-hybridized carbons (Fsp3) is 0.238. The Hall–Kier alpha value is -3.72. The Balaban J connectivity index is 1.62. The van der Waals surface area contributed by atoms with Crippen LogP contribution in [-0.4, -0.2) is 52.7 Å². The third-order valence-corrected chi connectivity index (χ3v) is 4.56. The first-order chi connectivity index (χ1) is 14.4. The molecule has 2 amide bonds. The van der Waals surface area contributed by atoms with Crippen molar-refractivity contribution in [3.63, 3.8) is 0 Å².